The first-order valence-electron chi connectivity index (χ1n) is 12.6. The lowest BCUT2D eigenvalue weighted by Crippen LogP contribution is -2.40. The summed E-state index contributed by atoms with van der Waals surface area (Å²) in [6.45, 7) is 1.72. The SMILES string of the molecule is CC12CC=CC(N=C3C(=O)Nc4ccccc43)=C1C(=O)c1cccc(N=C3C(=O)Nc4ccc(Br)cc43)c1C2=O. The number of aliphatic imine (C=N–C) groups is 2. The first-order valence-corrected chi connectivity index (χ1v) is 13.4. The van der Waals surface area contributed by atoms with Gasteiger partial charge in [0.15, 0.2) is 11.6 Å². The molecule has 0 bridgehead atoms. The molecule has 0 radical (unpaired) electrons. The number of benzene rings is 3. The van der Waals surface area contributed by atoms with E-state index in [2.05, 4.69) is 36.5 Å². The Morgan fingerprint density at radius 3 is 2.30 bits per heavy atom. The Bertz CT molecular complexity index is 1880. The molecular formula is C31H19BrN4O4. The van der Waals surface area contributed by atoms with Crippen LogP contribution in [0.15, 0.2) is 98.5 Å². The fraction of sp³-hybridized carbons (Fsp3) is 0.0968. The van der Waals surface area contributed by atoms with Crippen LogP contribution in [-0.4, -0.2) is 34.8 Å². The van der Waals surface area contributed by atoms with Crippen LogP contribution in [0.5, 0.6) is 0 Å². The predicted molar refractivity (Wildman–Crippen MR) is 155 cm³/mol. The van der Waals surface area contributed by atoms with E-state index in [-0.39, 0.29) is 69.3 Å². The molecule has 3 aromatic carbocycles. The molecule has 4 aliphatic rings. The van der Waals surface area contributed by atoms with Crippen LogP contribution in [0.25, 0.3) is 0 Å². The molecule has 9 heteroatoms. The highest BCUT2D eigenvalue weighted by Gasteiger charge is 2.49. The van der Waals surface area contributed by atoms with Gasteiger partial charge in [-0.1, -0.05) is 52.3 Å². The molecule has 0 aromatic heterocycles. The van der Waals surface area contributed by atoms with Gasteiger partial charge in [-0.15, -0.1) is 0 Å². The van der Waals surface area contributed by atoms with Crippen LogP contribution >= 0.6 is 15.9 Å². The average molecular weight is 591 g/mol. The zero-order chi connectivity index (χ0) is 27.8. The number of halogens is 1. The summed E-state index contributed by atoms with van der Waals surface area (Å²) in [5.74, 6) is -1.40. The topological polar surface area (TPSA) is 117 Å². The standard InChI is InChI=1S/C31H19BrN4O4/c1-31-13-5-10-22(34-25-16-6-2-3-8-19(16)35-29(25)39)24(31)27(37)17-7-4-9-21(23(17)28(31)38)33-26-18-14-15(32)11-12-20(18)36-30(26)40/h2-12,14H,13H2,1H3,(H,33,36,40)(H,34,35,39). The van der Waals surface area contributed by atoms with Crippen LogP contribution in [0.4, 0.5) is 17.1 Å². The first-order chi connectivity index (χ1) is 19.3. The molecule has 0 spiro atoms. The van der Waals surface area contributed by atoms with Crippen LogP contribution in [0, 0.1) is 5.41 Å². The van der Waals surface area contributed by atoms with Crippen molar-refractivity contribution < 1.29 is 19.2 Å². The van der Waals surface area contributed by atoms with Crippen molar-refractivity contribution >= 4 is 67.8 Å². The summed E-state index contributed by atoms with van der Waals surface area (Å²) in [5.41, 5.74) is 2.78. The van der Waals surface area contributed by atoms with Gasteiger partial charge in [-0.2, -0.15) is 0 Å². The van der Waals surface area contributed by atoms with E-state index in [1.54, 1.807) is 61.5 Å². The Morgan fingerprint density at radius 1 is 0.800 bits per heavy atom. The normalized spacial score (nSPS) is 22.8. The Kier molecular flexibility index (Phi) is 5.24. The van der Waals surface area contributed by atoms with Gasteiger partial charge in [-0.25, -0.2) is 9.98 Å². The number of carbonyl (C=O) groups is 4. The van der Waals surface area contributed by atoms with E-state index >= 15 is 0 Å². The maximum Gasteiger partial charge on any atom is 0.275 e. The van der Waals surface area contributed by atoms with E-state index in [0.717, 1.165) is 4.47 Å². The van der Waals surface area contributed by atoms with Crippen molar-refractivity contribution in [1.29, 1.82) is 0 Å². The molecule has 2 aliphatic heterocycles. The van der Waals surface area contributed by atoms with Crippen LogP contribution in [0.2, 0.25) is 0 Å². The maximum atomic E-state index is 14.2. The van der Waals surface area contributed by atoms with E-state index in [9.17, 15) is 19.2 Å². The second-order valence-corrected chi connectivity index (χ2v) is 11.0. The van der Waals surface area contributed by atoms with Crippen LogP contribution in [0.1, 0.15) is 45.2 Å². The number of Topliss-reactive ketones (excluding diaryl/α,β-unsaturated/α-hetero) is 2. The third kappa shape index (κ3) is 3.44. The third-order valence-electron chi connectivity index (χ3n) is 7.66. The summed E-state index contributed by atoms with van der Waals surface area (Å²) >= 11 is 3.43. The second kappa shape index (κ2) is 8.62. The van der Waals surface area contributed by atoms with E-state index in [1.165, 1.54) is 0 Å². The molecule has 7 rings (SSSR count). The lowest BCUT2D eigenvalue weighted by Gasteiger charge is -2.37. The molecule has 8 nitrogen and oxygen atoms in total. The number of nitrogens with zero attached hydrogens (tertiary/aromatic N) is 2. The molecule has 3 aromatic rings. The van der Waals surface area contributed by atoms with Gasteiger partial charge in [0, 0.05) is 26.7 Å². The van der Waals surface area contributed by atoms with E-state index in [4.69, 9.17) is 0 Å². The number of para-hydroxylation sites is 1. The van der Waals surface area contributed by atoms with E-state index in [1.807, 2.05) is 18.2 Å². The van der Waals surface area contributed by atoms with Gasteiger partial charge in [0.2, 0.25) is 0 Å². The number of fused-ring (bicyclic) bond motifs is 4. The fourth-order valence-electron chi connectivity index (χ4n) is 5.70. The highest BCUT2D eigenvalue weighted by molar-refractivity contribution is 9.10. The average Bonchev–Trinajstić information content (AvgIpc) is 3.42. The van der Waals surface area contributed by atoms with Crippen molar-refractivity contribution in [2.45, 2.75) is 13.3 Å². The number of carbonyl (C=O) groups excluding carboxylic acids is 4. The Hall–Kier alpha value is -4.76. The Balaban J connectivity index is 1.40. The summed E-state index contributed by atoms with van der Waals surface area (Å²) in [5, 5.41) is 5.58. The molecule has 0 saturated heterocycles. The number of allylic oxidation sites excluding steroid dienone is 3. The molecule has 0 saturated carbocycles. The molecule has 2 heterocycles. The molecule has 194 valence electrons. The van der Waals surface area contributed by atoms with Gasteiger partial charge >= 0.3 is 0 Å². The Labute approximate surface area is 236 Å². The van der Waals surface area contributed by atoms with Crippen molar-refractivity contribution in [3.8, 4) is 0 Å². The summed E-state index contributed by atoms with van der Waals surface area (Å²) in [6.07, 6.45) is 3.77. The number of nitrogens with one attached hydrogen (secondary N) is 2. The number of hydrogen-bond acceptors (Lipinski definition) is 6. The quantitative estimate of drug-likeness (QED) is 0.406. The third-order valence-corrected chi connectivity index (χ3v) is 8.16. The van der Waals surface area contributed by atoms with E-state index in [0.29, 0.717) is 22.5 Å². The lowest BCUT2D eigenvalue weighted by atomic mass is 9.63. The van der Waals surface area contributed by atoms with Crippen molar-refractivity contribution in [1.82, 2.24) is 0 Å². The van der Waals surface area contributed by atoms with Crippen LogP contribution in [-0.2, 0) is 9.59 Å². The summed E-state index contributed by atoms with van der Waals surface area (Å²) in [4.78, 5) is 63.1. The summed E-state index contributed by atoms with van der Waals surface area (Å²) in [6, 6.07) is 17.4. The minimum absolute atomic E-state index is 0.165. The molecule has 2 amide bonds. The summed E-state index contributed by atoms with van der Waals surface area (Å²) < 4.78 is 0.779. The maximum absolute atomic E-state index is 14.2. The van der Waals surface area contributed by atoms with Crippen LogP contribution in [0.3, 0.4) is 0 Å². The van der Waals surface area contributed by atoms with Crippen molar-refractivity contribution in [3.05, 3.63) is 111 Å². The molecular weight excluding hydrogens is 572 g/mol. The number of anilines is 2. The zero-order valence-corrected chi connectivity index (χ0v) is 22.6. The van der Waals surface area contributed by atoms with Crippen LogP contribution < -0.4 is 10.6 Å². The number of hydrogen-bond donors (Lipinski definition) is 2. The lowest BCUT2D eigenvalue weighted by molar-refractivity contribution is -0.110. The van der Waals surface area contributed by atoms with Gasteiger partial charge in [0.25, 0.3) is 11.8 Å². The van der Waals surface area contributed by atoms with Gasteiger partial charge in [-0.05, 0) is 49.8 Å². The van der Waals surface area contributed by atoms with Gasteiger partial charge in [0.05, 0.1) is 33.7 Å². The van der Waals surface area contributed by atoms with Crippen molar-refractivity contribution in [2.24, 2.45) is 15.4 Å². The molecule has 0 fully saturated rings. The Morgan fingerprint density at radius 2 is 1.50 bits per heavy atom. The zero-order valence-electron chi connectivity index (χ0n) is 21.0. The predicted octanol–water partition coefficient (Wildman–Crippen LogP) is 5.56. The van der Waals surface area contributed by atoms with Crippen molar-refractivity contribution in [3.63, 3.8) is 0 Å². The molecule has 40 heavy (non-hydrogen) atoms. The largest absolute Gasteiger partial charge is 0.320 e. The van der Waals surface area contributed by atoms with Gasteiger partial charge in [0.1, 0.15) is 11.4 Å². The van der Waals surface area contributed by atoms with Crippen molar-refractivity contribution in [2.75, 3.05) is 10.6 Å². The number of ketones is 2. The van der Waals surface area contributed by atoms with Gasteiger partial charge in [-0.3, -0.25) is 19.2 Å². The number of rotatable bonds is 2. The molecule has 2 N–H and O–H groups in total. The van der Waals surface area contributed by atoms with Gasteiger partial charge < -0.3 is 10.6 Å². The monoisotopic (exact) mass is 590 g/mol. The van der Waals surface area contributed by atoms with E-state index < -0.39 is 5.41 Å². The number of amides is 2. The first kappa shape index (κ1) is 24.3. The highest BCUT2D eigenvalue weighted by Crippen LogP contribution is 2.48. The molecule has 1 unspecified atom stereocenters. The highest BCUT2D eigenvalue weighted by atomic mass is 79.9. The molecule has 2 aliphatic carbocycles. The smallest absolute Gasteiger partial charge is 0.275 e. The minimum atomic E-state index is -1.22. The molecule has 1 atom stereocenters. The summed E-state index contributed by atoms with van der Waals surface area (Å²) in [7, 11) is 0. The minimum Gasteiger partial charge on any atom is -0.320 e. The fourth-order valence-corrected chi connectivity index (χ4v) is 6.06. The second-order valence-electron chi connectivity index (χ2n) is 10.1.